The lowest BCUT2D eigenvalue weighted by molar-refractivity contribution is -0.0668. The van der Waals surface area contributed by atoms with Gasteiger partial charge in [-0.05, 0) is 0 Å². The summed E-state index contributed by atoms with van der Waals surface area (Å²) in [6.07, 6.45) is -1.17. The molecular formula is C20H23N9O11P2. The highest BCUT2D eigenvalue weighted by Crippen LogP contribution is 2.53. The molecule has 8 atom stereocenters. The minimum atomic E-state index is -4.77. The van der Waals surface area contributed by atoms with Crippen LogP contribution >= 0.6 is 15.6 Å². The van der Waals surface area contributed by atoms with E-state index in [0.717, 1.165) is 0 Å². The van der Waals surface area contributed by atoms with E-state index in [1.807, 2.05) is 0 Å². The van der Waals surface area contributed by atoms with Crippen LogP contribution in [0, 0.1) is 0 Å². The number of anilines is 1. The Morgan fingerprint density at radius 2 is 1.57 bits per heavy atom. The number of hydrogen-bond donors (Lipinski definition) is 4. The van der Waals surface area contributed by atoms with Gasteiger partial charge >= 0.3 is 15.6 Å². The van der Waals surface area contributed by atoms with E-state index in [4.69, 9.17) is 33.3 Å². The van der Waals surface area contributed by atoms with Gasteiger partial charge < -0.3 is 30.0 Å². The molecule has 0 radical (unpaired) electrons. The number of imidazole rings is 2. The molecule has 3 aliphatic heterocycles. The van der Waals surface area contributed by atoms with E-state index in [9.17, 15) is 23.7 Å². The second kappa shape index (κ2) is 10.2. The van der Waals surface area contributed by atoms with Gasteiger partial charge in [0, 0.05) is 12.8 Å². The van der Waals surface area contributed by atoms with Gasteiger partial charge in [-0.15, -0.1) is 0 Å². The Labute approximate surface area is 234 Å². The summed E-state index contributed by atoms with van der Waals surface area (Å²) in [5.74, 6) is 0.112. The molecule has 5 N–H and O–H groups in total. The van der Waals surface area contributed by atoms with E-state index in [1.165, 1.54) is 34.4 Å². The molecule has 4 aromatic rings. The molecule has 4 aromatic heterocycles. The van der Waals surface area contributed by atoms with Crippen LogP contribution in [0.5, 0.6) is 0 Å². The Balaban J connectivity index is 1.16. The number of ether oxygens (including phenoxy) is 2. The molecule has 0 spiro atoms. The third kappa shape index (κ3) is 5.05. The molecule has 3 aliphatic rings. The summed E-state index contributed by atoms with van der Waals surface area (Å²) in [7, 11) is -9.48. The van der Waals surface area contributed by atoms with Crippen molar-refractivity contribution in [3.63, 3.8) is 0 Å². The fourth-order valence-corrected chi connectivity index (χ4v) is 7.08. The van der Waals surface area contributed by atoms with Crippen molar-refractivity contribution in [2.45, 2.75) is 49.7 Å². The molecular weight excluding hydrogens is 604 g/mol. The number of nitrogens with one attached hydrogen (secondary N) is 1. The summed E-state index contributed by atoms with van der Waals surface area (Å²) >= 11 is 0. The normalized spacial score (nSPS) is 36.0. The highest BCUT2D eigenvalue weighted by molar-refractivity contribution is 7.47. The average Bonchev–Trinajstić information content (AvgIpc) is 3.71. The van der Waals surface area contributed by atoms with Gasteiger partial charge in [0.25, 0.3) is 5.56 Å². The lowest BCUT2D eigenvalue weighted by Crippen LogP contribution is -2.29. The minimum absolute atomic E-state index is 0.0237. The maximum absolute atomic E-state index is 13.1. The lowest BCUT2D eigenvalue weighted by Gasteiger charge is -2.25. The number of phosphoric ester groups is 2. The maximum atomic E-state index is 13.1. The van der Waals surface area contributed by atoms with Crippen LogP contribution in [0.15, 0.2) is 30.1 Å². The summed E-state index contributed by atoms with van der Waals surface area (Å²) in [5.41, 5.74) is 6.19. The fraction of sp³-hybridized carbons (Fsp3) is 0.500. The van der Waals surface area contributed by atoms with Crippen LogP contribution in [-0.4, -0.2) is 86.5 Å². The fourth-order valence-electron chi connectivity index (χ4n) is 5.17. The number of hydrogen-bond acceptors (Lipinski definition) is 15. The van der Waals surface area contributed by atoms with Gasteiger partial charge in [0.1, 0.15) is 36.4 Å². The van der Waals surface area contributed by atoms with Gasteiger partial charge in [-0.1, -0.05) is 0 Å². The topological polar surface area (TPSA) is 263 Å². The first-order valence-electron chi connectivity index (χ1n) is 12.5. The van der Waals surface area contributed by atoms with Crippen molar-refractivity contribution >= 4 is 43.8 Å². The van der Waals surface area contributed by atoms with Crippen molar-refractivity contribution in [2.75, 3.05) is 18.9 Å². The number of H-pyrrole nitrogens is 1. The van der Waals surface area contributed by atoms with E-state index in [-0.39, 0.29) is 41.0 Å². The first kappa shape index (κ1) is 27.7. The summed E-state index contributed by atoms with van der Waals surface area (Å²) in [6.45, 7) is -1.000. The largest absolute Gasteiger partial charge is 0.472 e. The zero-order valence-electron chi connectivity index (χ0n) is 21.3. The number of nitrogen functional groups attached to an aromatic ring is 1. The van der Waals surface area contributed by atoms with Crippen molar-refractivity contribution in [1.82, 2.24) is 39.0 Å². The van der Waals surface area contributed by atoms with Crippen LogP contribution in [0.25, 0.3) is 22.3 Å². The number of rotatable bonds is 2. The predicted molar refractivity (Wildman–Crippen MR) is 136 cm³/mol. The Bertz CT molecular complexity index is 1810. The Morgan fingerprint density at radius 1 is 0.857 bits per heavy atom. The van der Waals surface area contributed by atoms with Crippen LogP contribution in [0.3, 0.4) is 0 Å². The number of aromatic amines is 1. The van der Waals surface area contributed by atoms with Crippen molar-refractivity contribution in [2.24, 2.45) is 0 Å². The van der Waals surface area contributed by atoms with Crippen LogP contribution in [0.2, 0.25) is 0 Å². The highest BCUT2D eigenvalue weighted by Gasteiger charge is 2.47. The SMILES string of the molecule is Nc1ncnc2c1ncn2C1OC2COP(=O)(O)O[C@H]3CC(n4cnc5c(=O)[nH]cnc54)OC3COP(=O)(O)O[C@@H]1C2. The summed E-state index contributed by atoms with van der Waals surface area (Å²) in [5, 5.41) is 0. The quantitative estimate of drug-likeness (QED) is 0.215. The molecule has 7 rings (SSSR count). The molecule has 0 aromatic carbocycles. The van der Waals surface area contributed by atoms with Gasteiger partial charge in [-0.25, -0.2) is 34.0 Å². The number of nitrogens with two attached hydrogens (primary N) is 1. The summed E-state index contributed by atoms with van der Waals surface area (Å²) in [4.78, 5) is 56.1. The van der Waals surface area contributed by atoms with E-state index >= 15 is 0 Å². The molecule has 42 heavy (non-hydrogen) atoms. The zero-order valence-corrected chi connectivity index (χ0v) is 23.1. The average molecular weight is 627 g/mol. The molecule has 0 aliphatic carbocycles. The smallest absolute Gasteiger partial charge is 0.382 e. The van der Waals surface area contributed by atoms with Gasteiger partial charge in [0.2, 0.25) is 0 Å². The molecule has 224 valence electrons. The molecule has 3 fully saturated rings. The van der Waals surface area contributed by atoms with Gasteiger partial charge in [-0.3, -0.25) is 32.0 Å². The van der Waals surface area contributed by atoms with Crippen LogP contribution in [0.1, 0.15) is 25.3 Å². The van der Waals surface area contributed by atoms with E-state index in [0.29, 0.717) is 0 Å². The Hall–Kier alpha value is -3.16. The number of fused-ring (bicyclic) bond motifs is 5. The summed E-state index contributed by atoms with van der Waals surface area (Å²) < 4.78 is 62.4. The molecule has 2 bridgehead atoms. The lowest BCUT2D eigenvalue weighted by atomic mass is 10.2. The van der Waals surface area contributed by atoms with Crippen molar-refractivity contribution in [1.29, 1.82) is 0 Å². The van der Waals surface area contributed by atoms with E-state index in [2.05, 4.69) is 29.9 Å². The predicted octanol–water partition coefficient (Wildman–Crippen LogP) is 0.135. The monoisotopic (exact) mass is 627 g/mol. The molecule has 20 nitrogen and oxygen atoms in total. The standard InChI is InChI=1S/C20H23N9O11P2/c21-16-14-17(23-5-22-16)29(8-26-14)20-11-1-9(37-20)3-35-41(31,32)39-10-2-13(38-12(10)4-36-42(33,34)40-11)28-7-27-15-18(28)24-6-25-19(15)30/h5-13,20H,1-4H2,(H,31,32)(H,33,34)(H2,21,22,23)(H,24,25,30)/t9?,10-,11+,12?,13?,20?/m0/s1. The third-order valence-corrected chi connectivity index (χ3v) is 9.05. The molecule has 7 heterocycles. The van der Waals surface area contributed by atoms with Crippen molar-refractivity contribution in [3.8, 4) is 0 Å². The molecule has 22 heteroatoms. The van der Waals surface area contributed by atoms with Crippen LogP contribution in [0.4, 0.5) is 5.82 Å². The first-order chi connectivity index (χ1) is 20.1. The molecule has 0 saturated carbocycles. The number of aromatic nitrogens is 8. The highest BCUT2D eigenvalue weighted by atomic mass is 31.2. The van der Waals surface area contributed by atoms with Gasteiger partial charge in [-0.2, -0.15) is 0 Å². The third-order valence-electron chi connectivity index (χ3n) is 7.02. The molecule has 6 unspecified atom stereocenters. The van der Waals surface area contributed by atoms with Gasteiger partial charge in [0.15, 0.2) is 28.9 Å². The Morgan fingerprint density at radius 3 is 2.40 bits per heavy atom. The first-order valence-corrected chi connectivity index (χ1v) is 15.5. The van der Waals surface area contributed by atoms with Gasteiger partial charge in [0.05, 0.1) is 38.3 Å². The number of phosphoric acid groups is 2. The van der Waals surface area contributed by atoms with Crippen LogP contribution < -0.4 is 11.3 Å². The summed E-state index contributed by atoms with van der Waals surface area (Å²) in [6, 6.07) is 0. The number of nitrogens with zero attached hydrogens (tertiary/aromatic N) is 7. The van der Waals surface area contributed by atoms with Crippen molar-refractivity contribution < 1.29 is 46.5 Å². The Kier molecular flexibility index (Phi) is 6.74. The van der Waals surface area contributed by atoms with Crippen LogP contribution in [-0.2, 0) is 36.7 Å². The van der Waals surface area contributed by atoms with E-state index in [1.54, 1.807) is 0 Å². The molecule has 0 amide bonds. The van der Waals surface area contributed by atoms with Crippen molar-refractivity contribution in [3.05, 3.63) is 35.7 Å². The molecule has 3 saturated heterocycles. The van der Waals surface area contributed by atoms with E-state index < -0.39 is 71.3 Å². The zero-order chi connectivity index (χ0) is 29.2. The second-order valence-corrected chi connectivity index (χ2v) is 12.5. The minimum Gasteiger partial charge on any atom is -0.382 e. The second-order valence-electron chi connectivity index (χ2n) is 9.70. The maximum Gasteiger partial charge on any atom is 0.472 e.